The number of carbonyl (C=O) groups excluding carboxylic acids is 1. The molecular formula is C18H36N4O. The van der Waals surface area contributed by atoms with Crippen LogP contribution in [0.4, 0.5) is 4.79 Å². The number of carbonyl (C=O) groups is 1. The number of hydrogen-bond acceptors (Lipinski definition) is 2. The van der Waals surface area contributed by atoms with E-state index in [9.17, 15) is 4.79 Å². The average molecular weight is 325 g/mol. The molecule has 0 aromatic rings. The van der Waals surface area contributed by atoms with Crippen molar-refractivity contribution in [3.8, 4) is 0 Å². The van der Waals surface area contributed by atoms with E-state index in [-0.39, 0.29) is 12.0 Å². The quantitative estimate of drug-likeness (QED) is 0.260. The van der Waals surface area contributed by atoms with Crippen LogP contribution in [0.25, 0.3) is 0 Å². The number of rotatable bonds is 11. The highest BCUT2D eigenvalue weighted by Crippen LogP contribution is 2.17. The van der Waals surface area contributed by atoms with Crippen LogP contribution in [0.1, 0.15) is 90.4 Å². The summed E-state index contributed by atoms with van der Waals surface area (Å²) in [6, 6.07) is 0.0974. The van der Waals surface area contributed by atoms with Crippen LogP contribution < -0.4 is 16.0 Å². The first-order valence-electron chi connectivity index (χ1n) is 9.62. The zero-order valence-electron chi connectivity index (χ0n) is 14.9. The molecule has 0 aromatic heterocycles. The van der Waals surface area contributed by atoms with E-state index in [2.05, 4.69) is 22.9 Å². The molecule has 0 aromatic carbocycles. The van der Waals surface area contributed by atoms with Crippen LogP contribution >= 0.6 is 0 Å². The molecule has 23 heavy (non-hydrogen) atoms. The highest BCUT2D eigenvalue weighted by atomic mass is 16.2. The van der Waals surface area contributed by atoms with E-state index in [1.165, 1.54) is 64.2 Å². The molecule has 1 aliphatic rings. The van der Waals surface area contributed by atoms with Gasteiger partial charge in [-0.25, -0.2) is 4.79 Å². The van der Waals surface area contributed by atoms with Crippen molar-refractivity contribution in [2.24, 2.45) is 0 Å². The second-order valence-electron chi connectivity index (χ2n) is 6.71. The lowest BCUT2D eigenvalue weighted by Crippen LogP contribution is -2.48. The van der Waals surface area contributed by atoms with Gasteiger partial charge >= 0.3 is 6.03 Å². The van der Waals surface area contributed by atoms with Gasteiger partial charge in [0.25, 0.3) is 0 Å². The third-order valence-corrected chi connectivity index (χ3v) is 4.51. The standard InChI is InChI=1S/C18H36N4O/c1-2-3-4-5-6-7-8-9-12-15-20-18(23)22-17(19)21-16-13-10-11-14-16/h16H,2-15H2,1H3,(H4,19,20,21,22,23). The molecule has 0 bridgehead atoms. The van der Waals surface area contributed by atoms with Crippen molar-refractivity contribution in [1.82, 2.24) is 16.0 Å². The van der Waals surface area contributed by atoms with Gasteiger partial charge in [-0.2, -0.15) is 0 Å². The predicted molar refractivity (Wildman–Crippen MR) is 96.9 cm³/mol. The second-order valence-corrected chi connectivity index (χ2v) is 6.71. The van der Waals surface area contributed by atoms with Gasteiger partial charge in [0.15, 0.2) is 5.96 Å². The topological polar surface area (TPSA) is 77.0 Å². The largest absolute Gasteiger partial charge is 0.353 e. The van der Waals surface area contributed by atoms with Gasteiger partial charge in [0.05, 0.1) is 0 Å². The van der Waals surface area contributed by atoms with Gasteiger partial charge in [-0.3, -0.25) is 10.7 Å². The third kappa shape index (κ3) is 11.0. The minimum Gasteiger partial charge on any atom is -0.353 e. The summed E-state index contributed by atoms with van der Waals surface area (Å²) in [5.41, 5.74) is 0. The lowest BCUT2D eigenvalue weighted by molar-refractivity contribution is 0.244. The Kier molecular flexibility index (Phi) is 11.4. The fourth-order valence-electron chi connectivity index (χ4n) is 3.11. The summed E-state index contributed by atoms with van der Waals surface area (Å²) in [5.74, 6) is 0.126. The fourth-order valence-corrected chi connectivity index (χ4v) is 3.11. The molecule has 0 saturated heterocycles. The maximum atomic E-state index is 11.7. The summed E-state index contributed by atoms with van der Waals surface area (Å²) >= 11 is 0. The Balaban J connectivity index is 1.86. The molecule has 0 radical (unpaired) electrons. The smallest absolute Gasteiger partial charge is 0.321 e. The molecule has 1 fully saturated rings. The molecule has 0 unspecified atom stereocenters. The zero-order valence-corrected chi connectivity index (χ0v) is 14.9. The van der Waals surface area contributed by atoms with E-state index in [0.717, 1.165) is 19.3 Å². The first kappa shape index (κ1) is 19.8. The van der Waals surface area contributed by atoms with Gasteiger partial charge in [0.2, 0.25) is 0 Å². The summed E-state index contributed by atoms with van der Waals surface area (Å²) in [5, 5.41) is 16.2. The van der Waals surface area contributed by atoms with Gasteiger partial charge in [0.1, 0.15) is 0 Å². The molecule has 1 rings (SSSR count). The third-order valence-electron chi connectivity index (χ3n) is 4.51. The molecule has 0 atom stereocenters. The number of hydrogen-bond donors (Lipinski definition) is 4. The summed E-state index contributed by atoms with van der Waals surface area (Å²) < 4.78 is 0. The van der Waals surface area contributed by atoms with Gasteiger partial charge in [-0.15, -0.1) is 0 Å². The monoisotopic (exact) mass is 324 g/mol. The van der Waals surface area contributed by atoms with Gasteiger partial charge < -0.3 is 10.6 Å². The number of amides is 2. The Morgan fingerprint density at radius 1 is 0.957 bits per heavy atom. The number of guanidine groups is 1. The van der Waals surface area contributed by atoms with E-state index >= 15 is 0 Å². The van der Waals surface area contributed by atoms with Gasteiger partial charge in [0, 0.05) is 12.6 Å². The molecule has 0 spiro atoms. The van der Waals surface area contributed by atoms with E-state index in [1.807, 2.05) is 0 Å². The molecule has 4 N–H and O–H groups in total. The van der Waals surface area contributed by atoms with Crippen molar-refractivity contribution in [3.05, 3.63) is 0 Å². The maximum absolute atomic E-state index is 11.7. The highest BCUT2D eigenvalue weighted by Gasteiger charge is 2.16. The Hall–Kier alpha value is -1.26. The number of urea groups is 1. The van der Waals surface area contributed by atoms with E-state index < -0.39 is 0 Å². The summed E-state index contributed by atoms with van der Waals surface area (Å²) in [7, 11) is 0. The Bertz CT molecular complexity index is 327. The highest BCUT2D eigenvalue weighted by molar-refractivity contribution is 5.94. The van der Waals surface area contributed by atoms with Gasteiger partial charge in [-0.05, 0) is 19.3 Å². The molecule has 0 heterocycles. The van der Waals surface area contributed by atoms with Crippen molar-refractivity contribution < 1.29 is 4.79 Å². The summed E-state index contributed by atoms with van der Waals surface area (Å²) in [4.78, 5) is 11.7. The van der Waals surface area contributed by atoms with Crippen LogP contribution in [0, 0.1) is 5.41 Å². The second kappa shape index (κ2) is 13.2. The van der Waals surface area contributed by atoms with Crippen LogP contribution in [0.3, 0.4) is 0 Å². The number of nitrogens with one attached hydrogen (secondary N) is 4. The minimum atomic E-state index is -0.264. The molecule has 2 amide bonds. The summed E-state index contributed by atoms with van der Waals surface area (Å²) in [6.45, 7) is 2.94. The van der Waals surface area contributed by atoms with Crippen molar-refractivity contribution in [1.29, 1.82) is 5.41 Å². The molecule has 5 nitrogen and oxygen atoms in total. The van der Waals surface area contributed by atoms with Crippen molar-refractivity contribution in [3.63, 3.8) is 0 Å². The van der Waals surface area contributed by atoms with Crippen LogP contribution in [0.15, 0.2) is 0 Å². The van der Waals surface area contributed by atoms with E-state index in [4.69, 9.17) is 5.41 Å². The first-order chi connectivity index (χ1) is 11.2. The normalized spacial score (nSPS) is 14.7. The van der Waals surface area contributed by atoms with Crippen molar-refractivity contribution >= 4 is 12.0 Å². The predicted octanol–water partition coefficient (Wildman–Crippen LogP) is 4.28. The molecule has 1 aliphatic carbocycles. The zero-order chi connectivity index (χ0) is 16.8. The van der Waals surface area contributed by atoms with Crippen LogP contribution in [0.2, 0.25) is 0 Å². The van der Waals surface area contributed by atoms with Gasteiger partial charge in [-0.1, -0.05) is 71.1 Å². The molecule has 0 aliphatic heterocycles. The lowest BCUT2D eigenvalue weighted by Gasteiger charge is -2.15. The Morgan fingerprint density at radius 2 is 1.52 bits per heavy atom. The van der Waals surface area contributed by atoms with Crippen molar-refractivity contribution in [2.45, 2.75) is 96.4 Å². The average Bonchev–Trinajstić information content (AvgIpc) is 3.01. The van der Waals surface area contributed by atoms with Crippen molar-refractivity contribution in [2.75, 3.05) is 6.54 Å². The first-order valence-corrected chi connectivity index (χ1v) is 9.62. The number of unbranched alkanes of at least 4 members (excludes halogenated alkanes) is 8. The molecule has 5 heteroatoms. The van der Waals surface area contributed by atoms with E-state index in [0.29, 0.717) is 12.6 Å². The van der Waals surface area contributed by atoms with E-state index in [1.54, 1.807) is 0 Å². The lowest BCUT2D eigenvalue weighted by atomic mass is 10.1. The van der Waals surface area contributed by atoms with Crippen LogP contribution in [-0.2, 0) is 0 Å². The fraction of sp³-hybridized carbons (Fsp3) is 0.889. The molecule has 1 saturated carbocycles. The summed E-state index contributed by atoms with van der Waals surface area (Å²) in [6.07, 6.45) is 16.2. The SMILES string of the molecule is CCCCCCCCCCCNC(=O)NC(=N)NC1CCCC1. The van der Waals surface area contributed by atoms with Crippen LogP contribution in [0.5, 0.6) is 0 Å². The molecular weight excluding hydrogens is 288 g/mol. The molecule has 134 valence electrons. The Morgan fingerprint density at radius 3 is 2.13 bits per heavy atom. The minimum absolute atomic E-state index is 0.126. The maximum Gasteiger partial charge on any atom is 0.321 e. The van der Waals surface area contributed by atoms with Crippen LogP contribution in [-0.4, -0.2) is 24.6 Å². The Labute approximate surface area is 141 Å².